The van der Waals surface area contributed by atoms with Crippen molar-refractivity contribution < 1.29 is 9.90 Å². The normalized spacial score (nSPS) is 20.2. The summed E-state index contributed by atoms with van der Waals surface area (Å²) in [4.78, 5) is 13.8. The molecule has 1 saturated heterocycles. The second-order valence-corrected chi connectivity index (χ2v) is 3.45. The third-order valence-corrected chi connectivity index (χ3v) is 2.46. The first kappa shape index (κ1) is 9.58. The second kappa shape index (κ2) is 4.50. The maximum Gasteiger partial charge on any atom is 0.407 e. The van der Waals surface area contributed by atoms with Gasteiger partial charge in [0.2, 0.25) is 0 Å². The Bertz CT molecular complexity index is 185. The molecule has 0 unspecified atom stereocenters. The van der Waals surface area contributed by atoms with Crippen LogP contribution in [0.3, 0.4) is 0 Å². The number of carboxylic acid groups (broad SMARTS) is 1. The molecule has 0 atom stereocenters. The van der Waals surface area contributed by atoms with Gasteiger partial charge in [-0.25, -0.2) is 4.79 Å². The van der Waals surface area contributed by atoms with E-state index in [1.807, 2.05) is 4.99 Å². The summed E-state index contributed by atoms with van der Waals surface area (Å²) in [6.07, 6.45) is 3.17. The Hall–Kier alpha value is -0.510. The lowest BCUT2D eigenvalue weighted by molar-refractivity contribution is 0.129. The number of carbonyl (C=O) groups is 1. The van der Waals surface area contributed by atoms with Crippen LogP contribution in [0, 0.1) is 5.92 Å². The van der Waals surface area contributed by atoms with Gasteiger partial charge in [-0.3, -0.25) is 0 Å². The third kappa shape index (κ3) is 2.52. The summed E-state index contributed by atoms with van der Waals surface area (Å²) in [5, 5.41) is 8.65. The Morgan fingerprint density at radius 3 is 2.50 bits per heavy atom. The largest absolute Gasteiger partial charge is 0.465 e. The highest BCUT2D eigenvalue weighted by molar-refractivity contribution is 9.11. The van der Waals surface area contributed by atoms with Crippen LogP contribution < -0.4 is 0 Å². The van der Waals surface area contributed by atoms with Crippen molar-refractivity contribution in [3.8, 4) is 0 Å². The molecule has 0 radical (unpaired) electrons. The van der Waals surface area contributed by atoms with E-state index in [2.05, 4.69) is 22.0 Å². The summed E-state index contributed by atoms with van der Waals surface area (Å²) < 4.78 is 0. The van der Waals surface area contributed by atoms with Gasteiger partial charge in [-0.2, -0.15) is 0 Å². The van der Waals surface area contributed by atoms with Gasteiger partial charge in [-0.15, -0.1) is 0 Å². The standard InChI is InChI=1S/C8H12BrNO2/c9-4-1-7-2-5-10(6-3-7)8(11)12/h1,4,7H,2-3,5-6H2,(H,11,12)/b4-1+. The maximum absolute atomic E-state index is 10.5. The molecule has 0 aromatic rings. The van der Waals surface area contributed by atoms with E-state index in [1.165, 1.54) is 4.90 Å². The SMILES string of the molecule is O=C(O)N1CCC(/C=C/Br)CC1. The summed E-state index contributed by atoms with van der Waals surface area (Å²) in [5.41, 5.74) is 0. The van der Waals surface area contributed by atoms with Gasteiger partial charge >= 0.3 is 6.09 Å². The van der Waals surface area contributed by atoms with E-state index >= 15 is 0 Å². The van der Waals surface area contributed by atoms with E-state index in [0.29, 0.717) is 19.0 Å². The zero-order chi connectivity index (χ0) is 8.97. The molecular weight excluding hydrogens is 222 g/mol. The minimum absolute atomic E-state index is 0.542. The van der Waals surface area contributed by atoms with Crippen molar-refractivity contribution in [1.82, 2.24) is 4.90 Å². The van der Waals surface area contributed by atoms with E-state index in [9.17, 15) is 4.79 Å². The molecule has 0 aliphatic carbocycles. The van der Waals surface area contributed by atoms with Gasteiger partial charge in [0.05, 0.1) is 0 Å². The highest BCUT2D eigenvalue weighted by Gasteiger charge is 2.19. The van der Waals surface area contributed by atoms with Gasteiger partial charge in [0.25, 0.3) is 0 Å². The van der Waals surface area contributed by atoms with Crippen molar-refractivity contribution in [2.45, 2.75) is 12.8 Å². The highest BCUT2D eigenvalue weighted by atomic mass is 79.9. The first-order valence-electron chi connectivity index (χ1n) is 3.99. The van der Waals surface area contributed by atoms with Crippen molar-refractivity contribution in [2.75, 3.05) is 13.1 Å². The number of hydrogen-bond acceptors (Lipinski definition) is 1. The average Bonchev–Trinajstić information content (AvgIpc) is 2.06. The van der Waals surface area contributed by atoms with Gasteiger partial charge < -0.3 is 10.0 Å². The Labute approximate surface area is 80.2 Å². The van der Waals surface area contributed by atoms with E-state index in [4.69, 9.17) is 5.11 Å². The minimum atomic E-state index is -0.795. The lowest BCUT2D eigenvalue weighted by Crippen LogP contribution is -2.36. The van der Waals surface area contributed by atoms with Gasteiger partial charge in [0.15, 0.2) is 0 Å². The van der Waals surface area contributed by atoms with Crippen molar-refractivity contribution >= 4 is 22.0 Å². The molecule has 1 aliphatic heterocycles. The highest BCUT2D eigenvalue weighted by Crippen LogP contribution is 2.18. The van der Waals surface area contributed by atoms with E-state index in [0.717, 1.165) is 12.8 Å². The van der Waals surface area contributed by atoms with Crippen LogP contribution in [-0.2, 0) is 0 Å². The summed E-state index contributed by atoms with van der Waals surface area (Å²) >= 11 is 3.22. The molecule has 1 N–H and O–H groups in total. The number of nitrogens with zero attached hydrogens (tertiary/aromatic N) is 1. The summed E-state index contributed by atoms with van der Waals surface area (Å²) in [6, 6.07) is 0. The Balaban J connectivity index is 2.34. The van der Waals surface area contributed by atoms with E-state index in [-0.39, 0.29) is 0 Å². The first-order chi connectivity index (χ1) is 5.74. The molecule has 1 amide bonds. The molecule has 1 heterocycles. The van der Waals surface area contributed by atoms with Crippen molar-refractivity contribution in [3.63, 3.8) is 0 Å². The number of piperidine rings is 1. The zero-order valence-electron chi connectivity index (χ0n) is 6.74. The van der Waals surface area contributed by atoms with Crippen LogP contribution in [-0.4, -0.2) is 29.2 Å². The lowest BCUT2D eigenvalue weighted by Gasteiger charge is -2.28. The minimum Gasteiger partial charge on any atom is -0.465 e. The predicted molar refractivity (Wildman–Crippen MR) is 50.4 cm³/mol. The molecule has 1 fully saturated rings. The first-order valence-corrected chi connectivity index (χ1v) is 4.90. The Kier molecular flexibility index (Phi) is 3.59. The Morgan fingerprint density at radius 2 is 2.08 bits per heavy atom. The molecule has 68 valence electrons. The molecule has 0 spiro atoms. The number of rotatable bonds is 1. The van der Waals surface area contributed by atoms with Crippen LogP contribution >= 0.6 is 15.9 Å². The van der Waals surface area contributed by atoms with Gasteiger partial charge in [-0.1, -0.05) is 22.0 Å². The fraction of sp³-hybridized carbons (Fsp3) is 0.625. The van der Waals surface area contributed by atoms with E-state index < -0.39 is 6.09 Å². The average molecular weight is 234 g/mol. The molecule has 1 aliphatic rings. The summed E-state index contributed by atoms with van der Waals surface area (Å²) in [7, 11) is 0. The molecule has 0 saturated carbocycles. The van der Waals surface area contributed by atoms with Crippen molar-refractivity contribution in [2.24, 2.45) is 5.92 Å². The van der Waals surface area contributed by atoms with Gasteiger partial charge in [-0.05, 0) is 23.7 Å². The van der Waals surface area contributed by atoms with Crippen LogP contribution in [0.5, 0.6) is 0 Å². The van der Waals surface area contributed by atoms with Crippen LogP contribution in [0.4, 0.5) is 4.79 Å². The smallest absolute Gasteiger partial charge is 0.407 e. The second-order valence-electron chi connectivity index (χ2n) is 2.93. The van der Waals surface area contributed by atoms with Crippen molar-refractivity contribution in [1.29, 1.82) is 0 Å². The molecule has 0 aromatic heterocycles. The molecular formula is C8H12BrNO2. The van der Waals surface area contributed by atoms with Crippen LogP contribution in [0.2, 0.25) is 0 Å². The quantitative estimate of drug-likeness (QED) is 0.756. The topological polar surface area (TPSA) is 40.5 Å². The monoisotopic (exact) mass is 233 g/mol. The summed E-state index contributed by atoms with van der Waals surface area (Å²) in [6.45, 7) is 1.33. The number of allylic oxidation sites excluding steroid dienone is 1. The fourth-order valence-electron chi connectivity index (χ4n) is 1.39. The third-order valence-electron chi connectivity index (χ3n) is 2.16. The number of likely N-dealkylation sites (tertiary alicyclic amines) is 1. The molecule has 0 bridgehead atoms. The molecule has 1 rings (SSSR count). The molecule has 12 heavy (non-hydrogen) atoms. The molecule has 4 heteroatoms. The van der Waals surface area contributed by atoms with E-state index in [1.54, 1.807) is 0 Å². The van der Waals surface area contributed by atoms with Gasteiger partial charge in [0.1, 0.15) is 0 Å². The summed E-state index contributed by atoms with van der Waals surface area (Å²) in [5.74, 6) is 0.542. The zero-order valence-corrected chi connectivity index (χ0v) is 8.33. The van der Waals surface area contributed by atoms with Gasteiger partial charge in [0, 0.05) is 13.1 Å². The predicted octanol–water partition coefficient (Wildman–Crippen LogP) is 2.29. The number of hydrogen-bond donors (Lipinski definition) is 1. The molecule has 3 nitrogen and oxygen atoms in total. The Morgan fingerprint density at radius 1 is 1.50 bits per heavy atom. The van der Waals surface area contributed by atoms with Crippen LogP contribution in [0.1, 0.15) is 12.8 Å². The molecule has 0 aromatic carbocycles. The van der Waals surface area contributed by atoms with Crippen LogP contribution in [0.15, 0.2) is 11.1 Å². The fourth-order valence-corrected chi connectivity index (χ4v) is 1.82. The van der Waals surface area contributed by atoms with Crippen molar-refractivity contribution in [3.05, 3.63) is 11.1 Å². The van der Waals surface area contributed by atoms with Crippen LogP contribution in [0.25, 0.3) is 0 Å². The maximum atomic E-state index is 10.5. The lowest BCUT2D eigenvalue weighted by atomic mass is 9.98. The number of amides is 1. The number of halogens is 1.